The third kappa shape index (κ3) is 3.29. The Morgan fingerprint density at radius 3 is 2.62 bits per heavy atom. The highest BCUT2D eigenvalue weighted by Crippen LogP contribution is 2.40. The van der Waals surface area contributed by atoms with Crippen molar-refractivity contribution in [2.24, 2.45) is 11.1 Å². The first-order chi connectivity index (χ1) is 11.5. The van der Waals surface area contributed by atoms with Crippen LogP contribution in [0.5, 0.6) is 0 Å². The molecule has 0 radical (unpaired) electrons. The van der Waals surface area contributed by atoms with Crippen LogP contribution in [-0.4, -0.2) is 22.6 Å². The fourth-order valence-corrected chi connectivity index (χ4v) is 4.00. The van der Waals surface area contributed by atoms with Gasteiger partial charge in [0.1, 0.15) is 5.78 Å². The molecule has 2 aromatic rings. The molecule has 0 saturated heterocycles. The number of ketones is 2. The summed E-state index contributed by atoms with van der Waals surface area (Å²) in [7, 11) is 0. The molecule has 1 aliphatic rings. The molecule has 1 fully saturated rings. The van der Waals surface area contributed by atoms with Crippen molar-refractivity contribution >= 4 is 22.5 Å². The monoisotopic (exact) mass is 326 g/mol. The highest BCUT2D eigenvalue weighted by molar-refractivity contribution is 5.92. The van der Waals surface area contributed by atoms with Crippen LogP contribution in [0.15, 0.2) is 30.5 Å². The van der Waals surface area contributed by atoms with Crippen LogP contribution in [0.3, 0.4) is 0 Å². The zero-order valence-electron chi connectivity index (χ0n) is 14.3. The molecule has 0 aliphatic heterocycles. The molecule has 3 N–H and O–H groups in total. The smallest absolute Gasteiger partial charge is 0.150 e. The van der Waals surface area contributed by atoms with E-state index in [4.69, 9.17) is 5.73 Å². The Kier molecular flexibility index (Phi) is 4.86. The lowest BCUT2D eigenvalue weighted by molar-refractivity contribution is -0.134. The van der Waals surface area contributed by atoms with Gasteiger partial charge in [-0.3, -0.25) is 9.59 Å². The summed E-state index contributed by atoms with van der Waals surface area (Å²) in [5.74, 6) is 0.159. The minimum atomic E-state index is -0.553. The molecule has 1 unspecified atom stereocenters. The normalized spacial score (nSPS) is 18.4. The molecule has 128 valence electrons. The first-order valence-electron chi connectivity index (χ1n) is 8.86. The molecule has 1 aliphatic carbocycles. The summed E-state index contributed by atoms with van der Waals surface area (Å²) < 4.78 is 0. The van der Waals surface area contributed by atoms with E-state index in [2.05, 4.69) is 4.98 Å². The number of rotatable bonds is 6. The summed E-state index contributed by atoms with van der Waals surface area (Å²) in [6, 6.07) is 7.46. The third-order valence-corrected chi connectivity index (χ3v) is 5.60. The molecule has 3 rings (SSSR count). The number of H-pyrrole nitrogens is 1. The fraction of sp³-hybridized carbons (Fsp3) is 0.500. The number of benzene rings is 1. The van der Waals surface area contributed by atoms with E-state index in [0.29, 0.717) is 12.8 Å². The molecular formula is C20H26N2O2. The second kappa shape index (κ2) is 6.89. The average Bonchev–Trinajstić information content (AvgIpc) is 2.98. The first-order valence-corrected chi connectivity index (χ1v) is 8.86. The zero-order valence-corrected chi connectivity index (χ0v) is 14.3. The number of hydrogen-bond donors (Lipinski definition) is 2. The molecule has 24 heavy (non-hydrogen) atoms. The number of Topliss-reactive ketones (excluding diaryl/α,β-unsaturated/α-hetero) is 2. The summed E-state index contributed by atoms with van der Waals surface area (Å²) in [5.41, 5.74) is 7.85. The summed E-state index contributed by atoms with van der Waals surface area (Å²) >= 11 is 0. The van der Waals surface area contributed by atoms with Gasteiger partial charge in [-0.2, -0.15) is 0 Å². The van der Waals surface area contributed by atoms with E-state index in [-0.39, 0.29) is 11.6 Å². The van der Waals surface area contributed by atoms with Gasteiger partial charge < -0.3 is 10.7 Å². The van der Waals surface area contributed by atoms with Crippen molar-refractivity contribution in [2.45, 2.75) is 57.9 Å². The molecule has 1 aromatic heterocycles. The third-order valence-electron chi connectivity index (χ3n) is 5.60. The van der Waals surface area contributed by atoms with Gasteiger partial charge in [-0.25, -0.2) is 0 Å². The highest BCUT2D eigenvalue weighted by atomic mass is 16.1. The van der Waals surface area contributed by atoms with Crippen LogP contribution in [0.2, 0.25) is 0 Å². The number of para-hydroxylation sites is 1. The number of aromatic nitrogens is 1. The van der Waals surface area contributed by atoms with Gasteiger partial charge in [0.25, 0.3) is 0 Å². The minimum absolute atomic E-state index is 0.0115. The van der Waals surface area contributed by atoms with Gasteiger partial charge in [0, 0.05) is 28.9 Å². The molecule has 4 heteroatoms. The van der Waals surface area contributed by atoms with Gasteiger partial charge in [-0.05, 0) is 37.8 Å². The number of carbonyl (C=O) groups is 2. The predicted octanol–water partition coefficient (Wildman–Crippen LogP) is 3.54. The second-order valence-corrected chi connectivity index (χ2v) is 7.21. The van der Waals surface area contributed by atoms with Gasteiger partial charge in [0.2, 0.25) is 0 Å². The van der Waals surface area contributed by atoms with E-state index in [1.807, 2.05) is 30.5 Å². The maximum absolute atomic E-state index is 12.7. The van der Waals surface area contributed by atoms with E-state index >= 15 is 0 Å². The van der Waals surface area contributed by atoms with Crippen molar-refractivity contribution < 1.29 is 9.59 Å². The minimum Gasteiger partial charge on any atom is -0.361 e. The fourth-order valence-electron chi connectivity index (χ4n) is 4.00. The van der Waals surface area contributed by atoms with Gasteiger partial charge >= 0.3 is 0 Å². The largest absolute Gasteiger partial charge is 0.361 e. The van der Waals surface area contributed by atoms with Crippen molar-refractivity contribution in [3.8, 4) is 0 Å². The number of nitrogens with two attached hydrogens (primary N) is 1. The Hall–Kier alpha value is -1.94. The van der Waals surface area contributed by atoms with Gasteiger partial charge in [0.05, 0.1) is 6.04 Å². The first kappa shape index (κ1) is 16.9. The van der Waals surface area contributed by atoms with Crippen LogP contribution in [-0.2, 0) is 16.0 Å². The summed E-state index contributed by atoms with van der Waals surface area (Å²) in [4.78, 5) is 28.1. The molecule has 4 nitrogen and oxygen atoms in total. The van der Waals surface area contributed by atoms with E-state index in [9.17, 15) is 9.59 Å². The maximum Gasteiger partial charge on any atom is 0.150 e. The Morgan fingerprint density at radius 2 is 1.92 bits per heavy atom. The summed E-state index contributed by atoms with van der Waals surface area (Å²) in [5, 5.41) is 1.11. The molecule has 0 spiro atoms. The van der Waals surface area contributed by atoms with Gasteiger partial charge in [-0.1, -0.05) is 37.5 Å². The molecule has 1 heterocycles. The van der Waals surface area contributed by atoms with Crippen LogP contribution >= 0.6 is 0 Å². The van der Waals surface area contributed by atoms with Crippen LogP contribution in [0.1, 0.15) is 51.0 Å². The Morgan fingerprint density at radius 1 is 1.21 bits per heavy atom. The van der Waals surface area contributed by atoms with Gasteiger partial charge in [-0.15, -0.1) is 0 Å². The van der Waals surface area contributed by atoms with Crippen molar-refractivity contribution in [1.82, 2.24) is 4.98 Å². The second-order valence-electron chi connectivity index (χ2n) is 7.21. The van der Waals surface area contributed by atoms with Crippen molar-refractivity contribution in [3.63, 3.8) is 0 Å². The molecule has 0 amide bonds. The lowest BCUT2D eigenvalue weighted by Crippen LogP contribution is -2.40. The lowest BCUT2D eigenvalue weighted by atomic mass is 9.68. The number of nitrogens with one attached hydrogen (secondary N) is 1. The highest BCUT2D eigenvalue weighted by Gasteiger charge is 2.39. The topological polar surface area (TPSA) is 75.9 Å². The standard InChI is InChI=1S/C20H26N2O2/c1-14(23)20(9-5-2-6-10-20)12-19(24)17(21)11-15-13-22-18-8-4-3-7-16(15)18/h3-4,7-8,13,17,22H,2,5-6,9-12,21H2,1H3. The quantitative estimate of drug-likeness (QED) is 0.852. The van der Waals surface area contributed by atoms with Gasteiger partial charge in [0.15, 0.2) is 5.78 Å². The van der Waals surface area contributed by atoms with Crippen LogP contribution in [0.4, 0.5) is 0 Å². The number of hydrogen-bond acceptors (Lipinski definition) is 3. The molecular weight excluding hydrogens is 300 g/mol. The molecule has 0 bridgehead atoms. The van der Waals surface area contributed by atoms with Crippen LogP contribution in [0, 0.1) is 5.41 Å². The van der Waals surface area contributed by atoms with E-state index in [0.717, 1.165) is 48.6 Å². The van der Waals surface area contributed by atoms with E-state index < -0.39 is 11.5 Å². The van der Waals surface area contributed by atoms with E-state index in [1.54, 1.807) is 6.92 Å². The Bertz CT molecular complexity index is 741. The van der Waals surface area contributed by atoms with Crippen molar-refractivity contribution in [3.05, 3.63) is 36.0 Å². The predicted molar refractivity (Wildman–Crippen MR) is 95.8 cm³/mol. The van der Waals surface area contributed by atoms with Crippen LogP contribution < -0.4 is 5.73 Å². The Labute approximate surface area is 142 Å². The van der Waals surface area contributed by atoms with Crippen LogP contribution in [0.25, 0.3) is 10.9 Å². The number of carbonyl (C=O) groups excluding carboxylic acids is 2. The van der Waals surface area contributed by atoms with E-state index in [1.165, 1.54) is 0 Å². The Balaban J connectivity index is 1.71. The van der Waals surface area contributed by atoms with Crippen molar-refractivity contribution in [1.29, 1.82) is 0 Å². The van der Waals surface area contributed by atoms with Crippen molar-refractivity contribution in [2.75, 3.05) is 0 Å². The number of fused-ring (bicyclic) bond motifs is 1. The lowest BCUT2D eigenvalue weighted by Gasteiger charge is -2.35. The average molecular weight is 326 g/mol. The summed E-state index contributed by atoms with van der Waals surface area (Å²) in [6.07, 6.45) is 7.61. The summed E-state index contributed by atoms with van der Waals surface area (Å²) in [6.45, 7) is 1.63. The molecule has 1 saturated carbocycles. The molecule has 1 aromatic carbocycles. The maximum atomic E-state index is 12.7. The zero-order chi connectivity index (χ0) is 17.2. The molecule has 1 atom stereocenters. The SMILES string of the molecule is CC(=O)C1(CC(=O)C(N)Cc2c[nH]c3ccccc23)CCCCC1. The number of aromatic amines is 1.